The van der Waals surface area contributed by atoms with Crippen molar-refractivity contribution in [2.45, 2.75) is 25.3 Å². The number of benzene rings is 1. The highest BCUT2D eigenvalue weighted by molar-refractivity contribution is 9.10. The van der Waals surface area contributed by atoms with Crippen molar-refractivity contribution in [2.75, 3.05) is 20.8 Å². The van der Waals surface area contributed by atoms with Crippen LogP contribution in [0.5, 0.6) is 11.5 Å². The second-order valence-corrected chi connectivity index (χ2v) is 5.12. The second kappa shape index (κ2) is 5.89. The van der Waals surface area contributed by atoms with Gasteiger partial charge in [-0.25, -0.2) is 4.39 Å². The average molecular weight is 318 g/mol. The lowest BCUT2D eigenvalue weighted by molar-refractivity contribution is 0.344. The summed E-state index contributed by atoms with van der Waals surface area (Å²) < 4.78 is 25.1. The van der Waals surface area contributed by atoms with E-state index in [-0.39, 0.29) is 11.9 Å². The summed E-state index contributed by atoms with van der Waals surface area (Å²) in [6.45, 7) is 0.927. The molecule has 1 saturated heterocycles. The summed E-state index contributed by atoms with van der Waals surface area (Å²) >= 11 is 3.24. The Kier molecular flexibility index (Phi) is 4.45. The standard InChI is InChI=1S/C13H17BrFNO2/c1-17-10-7-8(9-5-3-4-6-16-9)12(15)11(14)13(10)18-2/h7,9,16H,3-6H2,1-2H3. The van der Waals surface area contributed by atoms with E-state index in [0.717, 1.165) is 25.8 Å². The first-order chi connectivity index (χ1) is 8.69. The van der Waals surface area contributed by atoms with Crippen molar-refractivity contribution in [3.63, 3.8) is 0 Å². The van der Waals surface area contributed by atoms with E-state index < -0.39 is 0 Å². The van der Waals surface area contributed by atoms with Gasteiger partial charge in [0.15, 0.2) is 11.5 Å². The molecule has 1 N–H and O–H groups in total. The molecule has 18 heavy (non-hydrogen) atoms. The maximum Gasteiger partial charge on any atom is 0.177 e. The van der Waals surface area contributed by atoms with Gasteiger partial charge in [0.2, 0.25) is 0 Å². The zero-order valence-corrected chi connectivity index (χ0v) is 12.1. The fourth-order valence-electron chi connectivity index (χ4n) is 2.32. The lowest BCUT2D eigenvalue weighted by Crippen LogP contribution is -2.27. The quantitative estimate of drug-likeness (QED) is 0.926. The van der Waals surface area contributed by atoms with Crippen molar-refractivity contribution in [3.05, 3.63) is 21.9 Å². The summed E-state index contributed by atoms with van der Waals surface area (Å²) in [5.41, 5.74) is 0.638. The number of hydrogen-bond donors (Lipinski definition) is 1. The molecule has 1 unspecified atom stereocenters. The Morgan fingerprint density at radius 3 is 2.67 bits per heavy atom. The predicted molar refractivity (Wildman–Crippen MR) is 71.8 cm³/mol. The molecule has 2 rings (SSSR count). The molecule has 1 aromatic rings. The fraction of sp³-hybridized carbons (Fsp3) is 0.538. The van der Waals surface area contributed by atoms with E-state index in [9.17, 15) is 4.39 Å². The summed E-state index contributed by atoms with van der Waals surface area (Å²) in [6, 6.07) is 1.77. The molecule has 1 atom stereocenters. The minimum absolute atomic E-state index is 0.0508. The zero-order valence-electron chi connectivity index (χ0n) is 10.6. The molecule has 0 radical (unpaired) electrons. The van der Waals surface area contributed by atoms with Crippen LogP contribution in [0.2, 0.25) is 0 Å². The Morgan fingerprint density at radius 2 is 2.11 bits per heavy atom. The molecule has 0 amide bonds. The molecular formula is C13H17BrFNO2. The van der Waals surface area contributed by atoms with E-state index in [1.807, 2.05) is 0 Å². The third-order valence-electron chi connectivity index (χ3n) is 3.27. The lowest BCUT2D eigenvalue weighted by atomic mass is 9.96. The third kappa shape index (κ3) is 2.47. The van der Waals surface area contributed by atoms with Crippen molar-refractivity contribution < 1.29 is 13.9 Å². The van der Waals surface area contributed by atoms with Crippen LogP contribution in [0, 0.1) is 5.82 Å². The first-order valence-corrected chi connectivity index (χ1v) is 6.81. The molecule has 0 spiro atoms. The number of halogens is 2. The average Bonchev–Trinajstić information content (AvgIpc) is 2.42. The number of nitrogens with one attached hydrogen (secondary N) is 1. The topological polar surface area (TPSA) is 30.5 Å². The van der Waals surface area contributed by atoms with Gasteiger partial charge in [0.1, 0.15) is 5.82 Å². The van der Waals surface area contributed by atoms with Gasteiger partial charge in [-0.2, -0.15) is 0 Å². The molecule has 3 nitrogen and oxygen atoms in total. The van der Waals surface area contributed by atoms with Gasteiger partial charge < -0.3 is 14.8 Å². The molecule has 1 aliphatic heterocycles. The van der Waals surface area contributed by atoms with Crippen LogP contribution in [0.3, 0.4) is 0 Å². The van der Waals surface area contributed by atoms with Gasteiger partial charge in [-0.05, 0) is 41.4 Å². The van der Waals surface area contributed by atoms with Gasteiger partial charge in [-0.3, -0.25) is 0 Å². The van der Waals surface area contributed by atoms with E-state index in [2.05, 4.69) is 21.2 Å². The van der Waals surface area contributed by atoms with Crippen molar-refractivity contribution in [2.24, 2.45) is 0 Å². The number of methoxy groups -OCH3 is 2. The minimum atomic E-state index is -0.271. The second-order valence-electron chi connectivity index (χ2n) is 4.33. The Morgan fingerprint density at radius 1 is 1.33 bits per heavy atom. The first-order valence-electron chi connectivity index (χ1n) is 6.02. The summed E-state index contributed by atoms with van der Waals surface area (Å²) in [6.07, 6.45) is 3.20. The first kappa shape index (κ1) is 13.6. The molecule has 1 fully saturated rings. The van der Waals surface area contributed by atoms with E-state index in [1.165, 1.54) is 7.11 Å². The van der Waals surface area contributed by atoms with Crippen LogP contribution in [0.4, 0.5) is 4.39 Å². The van der Waals surface area contributed by atoms with Gasteiger partial charge >= 0.3 is 0 Å². The lowest BCUT2D eigenvalue weighted by Gasteiger charge is -2.25. The number of hydrogen-bond acceptors (Lipinski definition) is 3. The normalized spacial score (nSPS) is 19.7. The highest BCUT2D eigenvalue weighted by Gasteiger charge is 2.24. The van der Waals surface area contributed by atoms with Gasteiger partial charge in [0.25, 0.3) is 0 Å². The Labute approximate surface area is 115 Å². The van der Waals surface area contributed by atoms with Crippen LogP contribution in [-0.2, 0) is 0 Å². The molecule has 100 valence electrons. The summed E-state index contributed by atoms with van der Waals surface area (Å²) in [4.78, 5) is 0. The van der Waals surface area contributed by atoms with Gasteiger partial charge in [-0.1, -0.05) is 6.42 Å². The molecule has 0 saturated carbocycles. The Hall–Kier alpha value is -0.810. The zero-order chi connectivity index (χ0) is 13.1. The van der Waals surface area contributed by atoms with Crippen LogP contribution < -0.4 is 14.8 Å². The molecule has 1 aromatic carbocycles. The monoisotopic (exact) mass is 317 g/mol. The fourth-order valence-corrected chi connectivity index (χ4v) is 2.90. The Bertz CT molecular complexity index is 433. The summed E-state index contributed by atoms with van der Waals surface area (Å²) in [5, 5.41) is 3.34. The maximum absolute atomic E-state index is 14.3. The largest absolute Gasteiger partial charge is 0.493 e. The SMILES string of the molecule is COc1cc(C2CCCCN2)c(F)c(Br)c1OC. The van der Waals surface area contributed by atoms with Crippen molar-refractivity contribution >= 4 is 15.9 Å². The van der Waals surface area contributed by atoms with Crippen molar-refractivity contribution in [1.29, 1.82) is 0 Å². The molecule has 1 heterocycles. The van der Waals surface area contributed by atoms with Crippen LogP contribution in [-0.4, -0.2) is 20.8 Å². The Balaban J connectivity index is 2.44. The number of rotatable bonds is 3. The van der Waals surface area contributed by atoms with E-state index in [1.54, 1.807) is 13.2 Å². The molecule has 0 aliphatic carbocycles. The molecule has 0 aromatic heterocycles. The molecule has 5 heteroatoms. The predicted octanol–water partition coefficient (Wildman–Crippen LogP) is 3.42. The van der Waals surface area contributed by atoms with Crippen LogP contribution >= 0.6 is 15.9 Å². The molecular weight excluding hydrogens is 301 g/mol. The van der Waals surface area contributed by atoms with Gasteiger partial charge in [0.05, 0.1) is 18.7 Å². The van der Waals surface area contributed by atoms with Crippen LogP contribution in [0.25, 0.3) is 0 Å². The van der Waals surface area contributed by atoms with Gasteiger partial charge in [-0.15, -0.1) is 0 Å². The van der Waals surface area contributed by atoms with E-state index in [0.29, 0.717) is 21.5 Å². The van der Waals surface area contributed by atoms with Crippen LogP contribution in [0.15, 0.2) is 10.5 Å². The smallest absolute Gasteiger partial charge is 0.177 e. The van der Waals surface area contributed by atoms with E-state index in [4.69, 9.17) is 9.47 Å². The van der Waals surface area contributed by atoms with E-state index >= 15 is 0 Å². The highest BCUT2D eigenvalue weighted by atomic mass is 79.9. The summed E-state index contributed by atoms with van der Waals surface area (Å²) in [5.74, 6) is 0.676. The third-order valence-corrected chi connectivity index (χ3v) is 3.97. The van der Waals surface area contributed by atoms with Crippen molar-refractivity contribution in [1.82, 2.24) is 5.32 Å². The van der Waals surface area contributed by atoms with Crippen LogP contribution in [0.1, 0.15) is 30.9 Å². The molecule has 1 aliphatic rings. The summed E-state index contributed by atoms with van der Waals surface area (Å²) in [7, 11) is 3.06. The van der Waals surface area contributed by atoms with Crippen molar-refractivity contribution in [3.8, 4) is 11.5 Å². The maximum atomic E-state index is 14.3. The minimum Gasteiger partial charge on any atom is -0.493 e. The van der Waals surface area contributed by atoms with Gasteiger partial charge in [0, 0.05) is 11.6 Å². The highest BCUT2D eigenvalue weighted by Crippen LogP contribution is 2.41. The number of ether oxygens (including phenoxy) is 2. The number of piperidine rings is 1. The molecule has 0 bridgehead atoms.